The summed E-state index contributed by atoms with van der Waals surface area (Å²) in [6.45, 7) is 4.84. The average molecular weight is 360 g/mol. The molecule has 2 aromatic rings. The zero-order valence-corrected chi connectivity index (χ0v) is 15.4. The van der Waals surface area contributed by atoms with Crippen LogP contribution >= 0.6 is 11.3 Å². The van der Waals surface area contributed by atoms with E-state index in [1.165, 1.54) is 11.3 Å². The van der Waals surface area contributed by atoms with Gasteiger partial charge in [0, 0.05) is 30.0 Å². The van der Waals surface area contributed by atoms with Gasteiger partial charge >= 0.3 is 0 Å². The van der Waals surface area contributed by atoms with E-state index < -0.39 is 0 Å². The summed E-state index contributed by atoms with van der Waals surface area (Å²) in [6, 6.07) is 7.38. The molecule has 7 heteroatoms. The van der Waals surface area contributed by atoms with Crippen LogP contribution in [0.15, 0.2) is 29.6 Å². The van der Waals surface area contributed by atoms with E-state index in [1.54, 1.807) is 17.5 Å². The van der Waals surface area contributed by atoms with Gasteiger partial charge in [-0.05, 0) is 37.6 Å². The minimum atomic E-state index is -0.228. The molecule has 0 bridgehead atoms. The van der Waals surface area contributed by atoms with Crippen molar-refractivity contribution in [3.63, 3.8) is 0 Å². The van der Waals surface area contributed by atoms with Gasteiger partial charge in [-0.25, -0.2) is 4.98 Å². The number of hydrogen-bond acceptors (Lipinski definition) is 5. The summed E-state index contributed by atoms with van der Waals surface area (Å²) in [4.78, 5) is 28.6. The molecule has 1 aromatic carbocycles. The number of hydrogen-bond donors (Lipinski definition) is 3. The first-order valence-corrected chi connectivity index (χ1v) is 9.24. The summed E-state index contributed by atoms with van der Waals surface area (Å²) in [5.74, 6) is -0.331. The minimum Gasteiger partial charge on any atom is -0.350 e. The van der Waals surface area contributed by atoms with Crippen LogP contribution in [0.25, 0.3) is 0 Å². The lowest BCUT2D eigenvalue weighted by molar-refractivity contribution is 0.0936. The Balaban J connectivity index is 1.95. The number of rotatable bonds is 8. The first-order valence-electron chi connectivity index (χ1n) is 8.36. The van der Waals surface area contributed by atoms with Crippen molar-refractivity contribution in [3.05, 3.63) is 51.5 Å². The molecule has 4 N–H and O–H groups in total. The number of amides is 2. The van der Waals surface area contributed by atoms with Gasteiger partial charge in [-0.2, -0.15) is 0 Å². The minimum absolute atomic E-state index is 0.103. The molecule has 1 atom stereocenters. The molecule has 2 amide bonds. The lowest BCUT2D eigenvalue weighted by Crippen LogP contribution is -2.32. The number of thiazole rings is 1. The van der Waals surface area contributed by atoms with Crippen molar-refractivity contribution < 1.29 is 9.59 Å². The zero-order valence-electron chi connectivity index (χ0n) is 14.5. The number of carbonyl (C=O) groups excluding carboxylic acids is 2. The van der Waals surface area contributed by atoms with E-state index in [1.807, 2.05) is 26.0 Å². The van der Waals surface area contributed by atoms with Crippen molar-refractivity contribution in [1.82, 2.24) is 15.6 Å². The van der Waals surface area contributed by atoms with Gasteiger partial charge in [-0.15, -0.1) is 11.3 Å². The first kappa shape index (κ1) is 19.1. The third-order valence-electron chi connectivity index (χ3n) is 3.77. The van der Waals surface area contributed by atoms with Gasteiger partial charge in [0.1, 0.15) is 5.69 Å². The van der Waals surface area contributed by atoms with Gasteiger partial charge in [-0.1, -0.05) is 19.1 Å². The van der Waals surface area contributed by atoms with Crippen molar-refractivity contribution in [2.24, 2.45) is 5.73 Å². The smallest absolute Gasteiger partial charge is 0.271 e. The molecule has 2 rings (SSSR count). The van der Waals surface area contributed by atoms with Crippen molar-refractivity contribution >= 4 is 23.2 Å². The molecule has 0 saturated carbocycles. The van der Waals surface area contributed by atoms with E-state index in [9.17, 15) is 9.59 Å². The Morgan fingerprint density at radius 1 is 1.32 bits per heavy atom. The van der Waals surface area contributed by atoms with Crippen molar-refractivity contribution in [2.75, 3.05) is 6.54 Å². The molecular weight excluding hydrogens is 336 g/mol. The summed E-state index contributed by atoms with van der Waals surface area (Å²) in [6.07, 6.45) is 1.55. The topological polar surface area (TPSA) is 97.1 Å². The number of nitrogens with zero attached hydrogens (tertiary/aromatic N) is 1. The van der Waals surface area contributed by atoms with Gasteiger partial charge in [0.25, 0.3) is 11.8 Å². The van der Waals surface area contributed by atoms with Crippen LogP contribution in [0.1, 0.15) is 51.7 Å². The number of nitrogens with one attached hydrogen (secondary N) is 2. The molecule has 1 unspecified atom stereocenters. The Kier molecular flexibility index (Phi) is 7.09. The second kappa shape index (κ2) is 9.29. The summed E-state index contributed by atoms with van der Waals surface area (Å²) in [7, 11) is 0. The molecule has 1 aromatic heterocycles. The monoisotopic (exact) mass is 360 g/mol. The Labute approximate surface area is 151 Å². The van der Waals surface area contributed by atoms with Crippen LogP contribution in [0.4, 0.5) is 0 Å². The van der Waals surface area contributed by atoms with E-state index in [0.717, 1.165) is 17.0 Å². The Morgan fingerprint density at radius 3 is 2.84 bits per heavy atom. The van der Waals surface area contributed by atoms with Crippen LogP contribution in [0.5, 0.6) is 0 Å². The van der Waals surface area contributed by atoms with E-state index in [0.29, 0.717) is 30.8 Å². The summed E-state index contributed by atoms with van der Waals surface area (Å²) in [5, 5.41) is 8.35. The standard InChI is InChI=1S/C18H24N4O2S/c1-3-12(2)21-17(23)14-6-4-5-13(9-14)10-20-18(24)15-11-25-16(22-15)7-8-19/h4-6,9,11-12H,3,7-8,10,19H2,1-2H3,(H,20,24)(H,21,23). The highest BCUT2D eigenvalue weighted by atomic mass is 32.1. The number of carbonyl (C=O) groups is 2. The van der Waals surface area contributed by atoms with Crippen LogP contribution < -0.4 is 16.4 Å². The molecule has 0 aliphatic heterocycles. The molecule has 25 heavy (non-hydrogen) atoms. The highest BCUT2D eigenvalue weighted by molar-refractivity contribution is 7.09. The third-order valence-corrected chi connectivity index (χ3v) is 4.68. The first-order chi connectivity index (χ1) is 12.0. The second-order valence-corrected chi connectivity index (χ2v) is 6.77. The van der Waals surface area contributed by atoms with Crippen LogP contribution in [-0.2, 0) is 13.0 Å². The highest BCUT2D eigenvalue weighted by Gasteiger charge is 2.12. The fourth-order valence-corrected chi connectivity index (χ4v) is 2.95. The molecule has 134 valence electrons. The van der Waals surface area contributed by atoms with Crippen LogP contribution in [0.2, 0.25) is 0 Å². The van der Waals surface area contributed by atoms with Gasteiger partial charge in [0.15, 0.2) is 0 Å². The maximum atomic E-state index is 12.2. The predicted molar refractivity (Wildman–Crippen MR) is 99.7 cm³/mol. The molecule has 0 saturated heterocycles. The fraction of sp³-hybridized carbons (Fsp3) is 0.389. The van der Waals surface area contributed by atoms with Gasteiger partial charge in [0.05, 0.1) is 5.01 Å². The van der Waals surface area contributed by atoms with Gasteiger partial charge < -0.3 is 16.4 Å². The van der Waals surface area contributed by atoms with E-state index in [-0.39, 0.29) is 17.9 Å². The maximum absolute atomic E-state index is 12.2. The van der Waals surface area contributed by atoms with E-state index in [2.05, 4.69) is 15.6 Å². The molecule has 6 nitrogen and oxygen atoms in total. The molecular formula is C18H24N4O2S. The van der Waals surface area contributed by atoms with E-state index >= 15 is 0 Å². The van der Waals surface area contributed by atoms with Crippen molar-refractivity contribution in [2.45, 2.75) is 39.3 Å². The van der Waals surface area contributed by atoms with Crippen molar-refractivity contribution in [3.8, 4) is 0 Å². The molecule has 0 radical (unpaired) electrons. The number of aromatic nitrogens is 1. The SMILES string of the molecule is CCC(C)NC(=O)c1cccc(CNC(=O)c2csc(CCN)n2)c1. The van der Waals surface area contributed by atoms with E-state index in [4.69, 9.17) is 5.73 Å². The number of benzene rings is 1. The van der Waals surface area contributed by atoms with Crippen molar-refractivity contribution in [1.29, 1.82) is 0 Å². The maximum Gasteiger partial charge on any atom is 0.271 e. The van der Waals surface area contributed by atoms with Gasteiger partial charge in [0.2, 0.25) is 0 Å². The predicted octanol–water partition coefficient (Wildman–Crippen LogP) is 2.10. The normalized spacial score (nSPS) is 11.8. The fourth-order valence-electron chi connectivity index (χ4n) is 2.16. The van der Waals surface area contributed by atoms with Crippen LogP contribution in [0.3, 0.4) is 0 Å². The summed E-state index contributed by atoms with van der Waals surface area (Å²) in [5.41, 5.74) is 7.35. The molecule has 0 spiro atoms. The Hall–Kier alpha value is -2.25. The number of nitrogens with two attached hydrogens (primary N) is 1. The largest absolute Gasteiger partial charge is 0.350 e. The van der Waals surface area contributed by atoms with Crippen LogP contribution in [-0.4, -0.2) is 29.4 Å². The summed E-state index contributed by atoms with van der Waals surface area (Å²) >= 11 is 1.43. The third kappa shape index (κ3) is 5.65. The summed E-state index contributed by atoms with van der Waals surface area (Å²) < 4.78 is 0. The lowest BCUT2D eigenvalue weighted by Gasteiger charge is -2.12. The molecule has 0 aliphatic carbocycles. The highest BCUT2D eigenvalue weighted by Crippen LogP contribution is 2.11. The Bertz CT molecular complexity index is 729. The molecule has 1 heterocycles. The quantitative estimate of drug-likeness (QED) is 0.671. The van der Waals surface area contributed by atoms with Gasteiger partial charge in [-0.3, -0.25) is 9.59 Å². The lowest BCUT2D eigenvalue weighted by atomic mass is 10.1. The average Bonchev–Trinajstić information content (AvgIpc) is 3.09. The molecule has 0 fully saturated rings. The zero-order chi connectivity index (χ0) is 18.2. The van der Waals surface area contributed by atoms with Crippen LogP contribution in [0, 0.1) is 0 Å². The Morgan fingerprint density at radius 2 is 2.12 bits per heavy atom. The second-order valence-electron chi connectivity index (χ2n) is 5.83. The molecule has 0 aliphatic rings.